The Balaban J connectivity index is 1.55. The molecule has 0 radical (unpaired) electrons. The summed E-state index contributed by atoms with van der Waals surface area (Å²) in [6.07, 6.45) is 3.29. The average Bonchev–Trinajstić information content (AvgIpc) is 3.25. The lowest BCUT2D eigenvalue weighted by Gasteiger charge is -2.35. The van der Waals surface area contributed by atoms with Crippen molar-refractivity contribution in [3.05, 3.63) is 29.8 Å². The van der Waals surface area contributed by atoms with Crippen molar-refractivity contribution >= 4 is 23.4 Å². The highest BCUT2D eigenvalue weighted by molar-refractivity contribution is 6.04. The highest BCUT2D eigenvalue weighted by Gasteiger charge is 2.32. The minimum Gasteiger partial charge on any atom is -0.376 e. The van der Waals surface area contributed by atoms with Crippen LogP contribution in [-0.2, 0) is 14.3 Å². The molecule has 0 aliphatic carbocycles. The maximum Gasteiger partial charge on any atom is 0.253 e. The van der Waals surface area contributed by atoms with E-state index in [-0.39, 0.29) is 29.7 Å². The Labute approximate surface area is 178 Å². The third-order valence-electron chi connectivity index (χ3n) is 5.74. The van der Waals surface area contributed by atoms with E-state index in [1.807, 2.05) is 25.7 Å². The fraction of sp³-hybridized carbons (Fsp3) is 0.609. The van der Waals surface area contributed by atoms with Crippen molar-refractivity contribution < 1.29 is 19.1 Å². The van der Waals surface area contributed by atoms with E-state index in [1.165, 1.54) is 0 Å². The first-order chi connectivity index (χ1) is 14.3. The summed E-state index contributed by atoms with van der Waals surface area (Å²) in [4.78, 5) is 39.7. The number of piperidine rings is 1. The van der Waals surface area contributed by atoms with Crippen molar-refractivity contribution in [3.8, 4) is 0 Å². The van der Waals surface area contributed by atoms with Gasteiger partial charge in [-0.05, 0) is 37.8 Å². The number of ether oxygens (including phenoxy) is 1. The zero-order valence-corrected chi connectivity index (χ0v) is 18.2. The minimum atomic E-state index is -0.412. The second kappa shape index (κ2) is 9.60. The summed E-state index contributed by atoms with van der Waals surface area (Å²) < 4.78 is 5.55. The number of carbonyl (C=O) groups excluding carboxylic acids is 3. The Hall–Kier alpha value is -2.41. The summed E-state index contributed by atoms with van der Waals surface area (Å²) >= 11 is 0. The highest BCUT2D eigenvalue weighted by atomic mass is 16.5. The molecule has 0 aromatic heterocycles. The summed E-state index contributed by atoms with van der Waals surface area (Å²) in [5, 5.41) is 5.84. The smallest absolute Gasteiger partial charge is 0.253 e. The lowest BCUT2D eigenvalue weighted by molar-refractivity contribution is -0.142. The Bertz CT molecular complexity index is 773. The number of amides is 3. The van der Waals surface area contributed by atoms with E-state index >= 15 is 0 Å². The summed E-state index contributed by atoms with van der Waals surface area (Å²) in [7, 11) is 0. The number of hydrogen-bond acceptors (Lipinski definition) is 4. The molecule has 3 amide bonds. The third-order valence-corrected chi connectivity index (χ3v) is 5.74. The van der Waals surface area contributed by atoms with Crippen LogP contribution in [0.1, 0.15) is 56.8 Å². The standard InChI is InChI=1S/C23H33N3O4/c1-23(2,3)22(29)26-12-10-16(11-13-26)20(27)25-19-9-5-4-8-18(19)21(28)24-15-17-7-6-14-30-17/h4-5,8-9,16-17H,6-7,10-15H2,1-3H3,(H,24,28)(H,25,27)/t17-/m1/s1. The van der Waals surface area contributed by atoms with Crippen molar-refractivity contribution in [2.45, 2.75) is 52.6 Å². The molecule has 164 valence electrons. The van der Waals surface area contributed by atoms with Crippen LogP contribution in [0.5, 0.6) is 0 Å². The minimum absolute atomic E-state index is 0.0664. The van der Waals surface area contributed by atoms with Crippen LogP contribution in [0.3, 0.4) is 0 Å². The van der Waals surface area contributed by atoms with Gasteiger partial charge in [0, 0.05) is 37.6 Å². The molecule has 7 heteroatoms. The summed E-state index contributed by atoms with van der Waals surface area (Å²) in [5.74, 6) is -0.365. The molecule has 2 fully saturated rings. The van der Waals surface area contributed by atoms with E-state index < -0.39 is 5.41 Å². The summed E-state index contributed by atoms with van der Waals surface area (Å²) in [5.41, 5.74) is 0.551. The van der Waals surface area contributed by atoms with Gasteiger partial charge in [0.25, 0.3) is 5.91 Å². The molecule has 2 aliphatic rings. The van der Waals surface area contributed by atoms with Crippen LogP contribution in [0.2, 0.25) is 0 Å². The number of nitrogens with zero attached hydrogens (tertiary/aromatic N) is 1. The van der Waals surface area contributed by atoms with Gasteiger partial charge in [0.15, 0.2) is 0 Å². The zero-order chi connectivity index (χ0) is 21.7. The first kappa shape index (κ1) is 22.3. The average molecular weight is 416 g/mol. The fourth-order valence-electron chi connectivity index (χ4n) is 3.95. The second-order valence-electron chi connectivity index (χ2n) is 9.20. The molecular formula is C23H33N3O4. The van der Waals surface area contributed by atoms with Crippen LogP contribution in [0.15, 0.2) is 24.3 Å². The van der Waals surface area contributed by atoms with Crippen molar-refractivity contribution in [3.63, 3.8) is 0 Å². The SMILES string of the molecule is CC(C)(C)C(=O)N1CCC(C(=O)Nc2ccccc2C(=O)NC[C@H]2CCCO2)CC1. The summed E-state index contributed by atoms with van der Waals surface area (Å²) in [6.45, 7) is 8.11. The Morgan fingerprint density at radius 2 is 1.80 bits per heavy atom. The molecule has 2 heterocycles. The van der Waals surface area contributed by atoms with E-state index in [1.54, 1.807) is 24.3 Å². The normalized spacial score (nSPS) is 20.1. The van der Waals surface area contributed by atoms with Crippen molar-refractivity contribution in [2.24, 2.45) is 11.3 Å². The highest BCUT2D eigenvalue weighted by Crippen LogP contribution is 2.25. The number of nitrogens with one attached hydrogen (secondary N) is 2. The molecule has 2 saturated heterocycles. The molecule has 2 aliphatic heterocycles. The van der Waals surface area contributed by atoms with Gasteiger partial charge in [-0.3, -0.25) is 14.4 Å². The van der Waals surface area contributed by atoms with Gasteiger partial charge in [0.1, 0.15) is 0 Å². The maximum atomic E-state index is 12.8. The van der Waals surface area contributed by atoms with Gasteiger partial charge >= 0.3 is 0 Å². The molecule has 0 saturated carbocycles. The number of benzene rings is 1. The zero-order valence-electron chi connectivity index (χ0n) is 18.2. The number of carbonyl (C=O) groups is 3. The molecule has 7 nitrogen and oxygen atoms in total. The van der Waals surface area contributed by atoms with E-state index in [0.29, 0.717) is 43.7 Å². The molecule has 0 bridgehead atoms. The third kappa shape index (κ3) is 5.59. The van der Waals surface area contributed by atoms with Gasteiger partial charge in [-0.25, -0.2) is 0 Å². The predicted molar refractivity (Wildman–Crippen MR) is 115 cm³/mol. The molecular weight excluding hydrogens is 382 g/mol. The molecule has 1 aromatic carbocycles. The van der Waals surface area contributed by atoms with Crippen LogP contribution in [-0.4, -0.2) is 55.0 Å². The van der Waals surface area contributed by atoms with Gasteiger partial charge in [-0.2, -0.15) is 0 Å². The van der Waals surface area contributed by atoms with Crippen LogP contribution in [0, 0.1) is 11.3 Å². The largest absolute Gasteiger partial charge is 0.376 e. The Morgan fingerprint density at radius 1 is 1.10 bits per heavy atom. The molecule has 2 N–H and O–H groups in total. The van der Waals surface area contributed by atoms with Crippen molar-refractivity contribution in [2.75, 3.05) is 31.6 Å². The molecule has 0 spiro atoms. The van der Waals surface area contributed by atoms with E-state index in [2.05, 4.69) is 10.6 Å². The molecule has 0 unspecified atom stereocenters. The lowest BCUT2D eigenvalue weighted by atomic mass is 9.90. The first-order valence-electron chi connectivity index (χ1n) is 10.8. The fourth-order valence-corrected chi connectivity index (χ4v) is 3.95. The van der Waals surface area contributed by atoms with Gasteiger partial charge in [-0.15, -0.1) is 0 Å². The molecule has 1 aromatic rings. The Kier molecular flexibility index (Phi) is 7.13. The predicted octanol–water partition coefficient (Wildman–Crippen LogP) is 2.82. The molecule has 1 atom stereocenters. The topological polar surface area (TPSA) is 87.7 Å². The van der Waals surface area contributed by atoms with Gasteiger partial charge in [-0.1, -0.05) is 32.9 Å². The van der Waals surface area contributed by atoms with Gasteiger partial charge < -0.3 is 20.3 Å². The number of hydrogen-bond donors (Lipinski definition) is 2. The van der Waals surface area contributed by atoms with Crippen LogP contribution >= 0.6 is 0 Å². The number of rotatable bonds is 5. The van der Waals surface area contributed by atoms with Crippen LogP contribution < -0.4 is 10.6 Å². The van der Waals surface area contributed by atoms with Crippen LogP contribution in [0.4, 0.5) is 5.69 Å². The quantitative estimate of drug-likeness (QED) is 0.774. The van der Waals surface area contributed by atoms with Gasteiger partial charge in [0.05, 0.1) is 17.4 Å². The molecule has 30 heavy (non-hydrogen) atoms. The molecule has 3 rings (SSSR count). The number of likely N-dealkylation sites (tertiary alicyclic amines) is 1. The second-order valence-corrected chi connectivity index (χ2v) is 9.20. The van der Waals surface area contributed by atoms with E-state index in [9.17, 15) is 14.4 Å². The van der Waals surface area contributed by atoms with Crippen LogP contribution in [0.25, 0.3) is 0 Å². The summed E-state index contributed by atoms with van der Waals surface area (Å²) in [6, 6.07) is 7.05. The first-order valence-corrected chi connectivity index (χ1v) is 10.8. The monoisotopic (exact) mass is 415 g/mol. The van der Waals surface area contributed by atoms with Crippen molar-refractivity contribution in [1.82, 2.24) is 10.2 Å². The Morgan fingerprint density at radius 3 is 2.43 bits per heavy atom. The number of para-hydroxylation sites is 1. The lowest BCUT2D eigenvalue weighted by Crippen LogP contribution is -2.45. The van der Waals surface area contributed by atoms with E-state index in [4.69, 9.17) is 4.74 Å². The van der Waals surface area contributed by atoms with Gasteiger partial charge in [0.2, 0.25) is 11.8 Å². The van der Waals surface area contributed by atoms with Crippen molar-refractivity contribution in [1.29, 1.82) is 0 Å². The van der Waals surface area contributed by atoms with E-state index in [0.717, 1.165) is 19.4 Å². The maximum absolute atomic E-state index is 12.8. The number of anilines is 1.